The molecule has 0 saturated carbocycles. The van der Waals surface area contributed by atoms with Crippen LogP contribution in [0.5, 0.6) is 5.75 Å². The first-order valence-corrected chi connectivity index (χ1v) is 9.75. The van der Waals surface area contributed by atoms with Gasteiger partial charge >= 0.3 is 0 Å². The Bertz CT molecular complexity index is 630. The number of rotatable bonds is 5. The normalized spacial score (nSPS) is 21.1. The van der Waals surface area contributed by atoms with Crippen LogP contribution in [-0.2, 0) is 9.53 Å². The average molecular weight is 502 g/mol. The van der Waals surface area contributed by atoms with Gasteiger partial charge in [0.05, 0.1) is 6.54 Å². The highest BCUT2D eigenvalue weighted by atomic mass is 127. The maximum atomic E-state index is 12.5. The zero-order valence-corrected chi connectivity index (χ0v) is 19.0. The third kappa shape index (κ3) is 6.23. The van der Waals surface area contributed by atoms with Gasteiger partial charge in [-0.3, -0.25) is 9.79 Å². The van der Waals surface area contributed by atoms with Crippen molar-refractivity contribution < 1.29 is 14.3 Å². The van der Waals surface area contributed by atoms with Crippen LogP contribution in [0.4, 0.5) is 0 Å². The number of nitrogens with one attached hydrogen (secondary N) is 1. The molecule has 0 aromatic heterocycles. The zero-order valence-electron chi connectivity index (χ0n) is 16.7. The van der Waals surface area contributed by atoms with E-state index in [9.17, 15) is 4.79 Å². The monoisotopic (exact) mass is 502 g/mol. The van der Waals surface area contributed by atoms with E-state index >= 15 is 0 Å². The lowest BCUT2D eigenvalue weighted by Crippen LogP contribution is -2.55. The molecule has 0 radical (unpaired) electrons. The van der Waals surface area contributed by atoms with E-state index in [0.717, 1.165) is 37.6 Å². The second-order valence-electron chi connectivity index (χ2n) is 6.98. The summed E-state index contributed by atoms with van der Waals surface area (Å²) >= 11 is 0. The highest BCUT2D eigenvalue weighted by molar-refractivity contribution is 14.0. The van der Waals surface area contributed by atoms with Crippen molar-refractivity contribution in [3.8, 4) is 5.75 Å². The summed E-state index contributed by atoms with van der Waals surface area (Å²) in [6, 6.07) is 9.81. The predicted molar refractivity (Wildman–Crippen MR) is 120 cm³/mol. The van der Waals surface area contributed by atoms with Gasteiger partial charge in [0.15, 0.2) is 5.96 Å². The van der Waals surface area contributed by atoms with Crippen molar-refractivity contribution in [2.45, 2.75) is 32.0 Å². The molecular weight excluding hydrogens is 471 g/mol. The molecule has 28 heavy (non-hydrogen) atoms. The Morgan fingerprint density at radius 1 is 1.25 bits per heavy atom. The number of hydrogen-bond acceptors (Lipinski definition) is 4. The molecule has 156 valence electrons. The van der Waals surface area contributed by atoms with E-state index in [-0.39, 0.29) is 42.1 Å². The fourth-order valence-corrected chi connectivity index (χ4v) is 3.46. The smallest absolute Gasteiger partial charge is 0.251 e. The number of benzene rings is 1. The molecular formula is C20H31IN4O3. The van der Waals surface area contributed by atoms with Crippen LogP contribution in [0.3, 0.4) is 0 Å². The van der Waals surface area contributed by atoms with Gasteiger partial charge in [-0.25, -0.2) is 0 Å². The molecule has 7 nitrogen and oxygen atoms in total. The molecule has 2 aliphatic rings. The minimum absolute atomic E-state index is 0. The summed E-state index contributed by atoms with van der Waals surface area (Å²) < 4.78 is 11.4. The number of aliphatic imine (C=N–C) groups is 1. The summed E-state index contributed by atoms with van der Waals surface area (Å²) in [4.78, 5) is 20.9. The fraction of sp³-hybridized carbons (Fsp3) is 0.600. The van der Waals surface area contributed by atoms with Crippen LogP contribution in [0.25, 0.3) is 0 Å². The summed E-state index contributed by atoms with van der Waals surface area (Å²) in [5, 5.41) is 3.38. The highest BCUT2D eigenvalue weighted by Crippen LogP contribution is 2.16. The van der Waals surface area contributed by atoms with Crippen LogP contribution in [-0.4, -0.2) is 80.3 Å². The van der Waals surface area contributed by atoms with Gasteiger partial charge in [-0.2, -0.15) is 0 Å². The van der Waals surface area contributed by atoms with Gasteiger partial charge in [0.1, 0.15) is 18.0 Å². The van der Waals surface area contributed by atoms with E-state index in [0.29, 0.717) is 26.2 Å². The molecule has 3 rings (SSSR count). The van der Waals surface area contributed by atoms with Crippen molar-refractivity contribution >= 4 is 35.8 Å². The molecule has 2 heterocycles. The lowest BCUT2D eigenvalue weighted by atomic mass is 10.2. The largest absolute Gasteiger partial charge is 0.489 e. The van der Waals surface area contributed by atoms with Crippen molar-refractivity contribution in [3.63, 3.8) is 0 Å². The number of nitrogens with zero attached hydrogens (tertiary/aromatic N) is 3. The SMILES string of the molecule is CN=C(NCC(C)Oc1ccccc1)N1CCN(C(=O)C2CCCO2)CC1.I. The minimum atomic E-state index is -0.232. The number of carbonyl (C=O) groups is 1. The molecule has 2 atom stereocenters. The molecule has 0 spiro atoms. The summed E-state index contributed by atoms with van der Waals surface area (Å²) in [5.74, 6) is 1.85. The van der Waals surface area contributed by atoms with E-state index in [4.69, 9.17) is 9.47 Å². The first-order valence-electron chi connectivity index (χ1n) is 9.75. The average Bonchev–Trinajstić information content (AvgIpc) is 3.24. The molecule has 2 saturated heterocycles. The second-order valence-corrected chi connectivity index (χ2v) is 6.98. The Morgan fingerprint density at radius 2 is 1.93 bits per heavy atom. The molecule has 2 fully saturated rings. The molecule has 1 aromatic carbocycles. The third-order valence-corrected chi connectivity index (χ3v) is 4.94. The lowest BCUT2D eigenvalue weighted by molar-refractivity contribution is -0.142. The van der Waals surface area contributed by atoms with E-state index in [2.05, 4.69) is 15.2 Å². The van der Waals surface area contributed by atoms with Crippen molar-refractivity contribution in [2.75, 3.05) is 46.4 Å². The quantitative estimate of drug-likeness (QED) is 0.379. The molecule has 1 amide bonds. The van der Waals surface area contributed by atoms with Gasteiger partial charge in [-0.15, -0.1) is 24.0 Å². The molecule has 8 heteroatoms. The molecule has 0 aliphatic carbocycles. The van der Waals surface area contributed by atoms with E-state index in [1.165, 1.54) is 0 Å². The molecule has 1 aromatic rings. The van der Waals surface area contributed by atoms with Crippen molar-refractivity contribution in [2.24, 2.45) is 4.99 Å². The first-order chi connectivity index (χ1) is 13.2. The summed E-state index contributed by atoms with van der Waals surface area (Å²) in [6.07, 6.45) is 1.62. The van der Waals surface area contributed by atoms with Gasteiger partial charge in [0, 0.05) is 39.8 Å². The van der Waals surface area contributed by atoms with Crippen LogP contribution < -0.4 is 10.1 Å². The van der Waals surface area contributed by atoms with Gasteiger partial charge in [0.2, 0.25) is 0 Å². The van der Waals surface area contributed by atoms with Gasteiger partial charge < -0.3 is 24.6 Å². The van der Waals surface area contributed by atoms with Gasteiger partial charge in [-0.05, 0) is 31.9 Å². The minimum Gasteiger partial charge on any atom is -0.489 e. The van der Waals surface area contributed by atoms with Crippen LogP contribution in [0, 0.1) is 0 Å². The Hall–Kier alpha value is -1.55. The molecule has 2 aliphatic heterocycles. The van der Waals surface area contributed by atoms with E-state index < -0.39 is 0 Å². The number of para-hydroxylation sites is 1. The van der Waals surface area contributed by atoms with E-state index in [1.54, 1.807) is 7.05 Å². The number of piperazine rings is 1. The number of hydrogen-bond donors (Lipinski definition) is 1. The maximum Gasteiger partial charge on any atom is 0.251 e. The second kappa shape index (κ2) is 11.5. The summed E-state index contributed by atoms with van der Waals surface area (Å²) in [5.41, 5.74) is 0. The van der Waals surface area contributed by atoms with Crippen molar-refractivity contribution in [1.82, 2.24) is 15.1 Å². The number of carbonyl (C=O) groups excluding carboxylic acids is 1. The number of guanidine groups is 1. The Labute approximate surface area is 184 Å². The Morgan fingerprint density at radius 3 is 2.54 bits per heavy atom. The highest BCUT2D eigenvalue weighted by Gasteiger charge is 2.30. The topological polar surface area (TPSA) is 66.4 Å². The van der Waals surface area contributed by atoms with Crippen LogP contribution >= 0.6 is 24.0 Å². The Balaban J connectivity index is 0.00000280. The molecule has 1 N–H and O–H groups in total. The maximum absolute atomic E-state index is 12.5. The van der Waals surface area contributed by atoms with Crippen molar-refractivity contribution in [1.29, 1.82) is 0 Å². The number of halogens is 1. The summed E-state index contributed by atoms with van der Waals surface area (Å²) in [7, 11) is 1.79. The standard InChI is InChI=1S/C20H30N4O3.HI/c1-16(27-17-7-4-3-5-8-17)15-22-20(21-2)24-12-10-23(11-13-24)19(25)18-9-6-14-26-18;/h3-5,7-8,16,18H,6,9-15H2,1-2H3,(H,21,22);1H. The van der Waals surface area contributed by atoms with Gasteiger partial charge in [0.25, 0.3) is 5.91 Å². The predicted octanol–water partition coefficient (Wildman–Crippen LogP) is 1.97. The summed E-state index contributed by atoms with van der Waals surface area (Å²) in [6.45, 7) is 6.35. The third-order valence-electron chi connectivity index (χ3n) is 4.94. The fourth-order valence-electron chi connectivity index (χ4n) is 3.46. The Kier molecular flexibility index (Phi) is 9.30. The van der Waals surface area contributed by atoms with E-state index in [1.807, 2.05) is 42.2 Å². The zero-order chi connectivity index (χ0) is 19.1. The van der Waals surface area contributed by atoms with Crippen molar-refractivity contribution in [3.05, 3.63) is 30.3 Å². The van der Waals surface area contributed by atoms with Crippen LogP contribution in [0.2, 0.25) is 0 Å². The number of ether oxygens (including phenoxy) is 2. The molecule has 2 unspecified atom stereocenters. The lowest BCUT2D eigenvalue weighted by Gasteiger charge is -2.37. The number of amides is 1. The van der Waals surface area contributed by atoms with Crippen LogP contribution in [0.15, 0.2) is 35.3 Å². The molecule has 0 bridgehead atoms. The first kappa shape index (κ1) is 22.7. The van der Waals surface area contributed by atoms with Gasteiger partial charge in [-0.1, -0.05) is 18.2 Å². The van der Waals surface area contributed by atoms with Crippen LogP contribution in [0.1, 0.15) is 19.8 Å².